The molecule has 1 saturated heterocycles. The quantitative estimate of drug-likeness (QED) is 0.917. The molecule has 1 N–H and O–H groups in total. The number of aliphatic carboxylic acids is 1. The lowest BCUT2D eigenvalue weighted by Crippen LogP contribution is -2.49. The lowest BCUT2D eigenvalue weighted by molar-refractivity contribution is -0.146. The average molecular weight is 275 g/mol. The zero-order valence-corrected chi connectivity index (χ0v) is 12.7. The fourth-order valence-electron chi connectivity index (χ4n) is 3.17. The van der Waals surface area contributed by atoms with Gasteiger partial charge in [-0.25, -0.2) is 0 Å². The van der Waals surface area contributed by atoms with Crippen molar-refractivity contribution in [3.8, 4) is 0 Å². The maximum atomic E-state index is 11.9. The Morgan fingerprint density at radius 3 is 2.55 bits per heavy atom. The van der Waals surface area contributed by atoms with Crippen molar-refractivity contribution in [1.82, 2.24) is 4.90 Å². The van der Waals surface area contributed by atoms with E-state index in [2.05, 4.69) is 18.7 Å². The van der Waals surface area contributed by atoms with Crippen LogP contribution in [0.5, 0.6) is 0 Å². The molecule has 1 atom stereocenters. The number of benzene rings is 1. The minimum absolute atomic E-state index is 0.541. The molecule has 1 aliphatic rings. The second-order valence-electron chi connectivity index (χ2n) is 6.05. The van der Waals surface area contributed by atoms with Gasteiger partial charge < -0.3 is 10.0 Å². The van der Waals surface area contributed by atoms with E-state index in [9.17, 15) is 9.90 Å². The number of likely N-dealkylation sites (tertiary alicyclic amines) is 1. The summed E-state index contributed by atoms with van der Waals surface area (Å²) in [7, 11) is 0. The van der Waals surface area contributed by atoms with Crippen LogP contribution in [0.25, 0.3) is 0 Å². The monoisotopic (exact) mass is 275 g/mol. The summed E-state index contributed by atoms with van der Waals surface area (Å²) in [5, 5.41) is 9.80. The second kappa shape index (κ2) is 5.96. The van der Waals surface area contributed by atoms with Gasteiger partial charge in [-0.2, -0.15) is 0 Å². The van der Waals surface area contributed by atoms with Crippen LogP contribution in [0.15, 0.2) is 24.3 Å². The summed E-state index contributed by atoms with van der Waals surface area (Å²) in [4.78, 5) is 14.3. The Morgan fingerprint density at radius 2 is 2.05 bits per heavy atom. The molecular weight excluding hydrogens is 250 g/mol. The van der Waals surface area contributed by atoms with E-state index in [-0.39, 0.29) is 0 Å². The van der Waals surface area contributed by atoms with Gasteiger partial charge in [0.15, 0.2) is 0 Å². The first kappa shape index (κ1) is 15.0. The molecule has 0 spiro atoms. The Balaban J connectivity index is 2.24. The molecule has 0 radical (unpaired) electrons. The normalized spacial score (nSPS) is 20.6. The van der Waals surface area contributed by atoms with E-state index in [1.807, 2.05) is 31.2 Å². The molecule has 0 bridgehead atoms. The van der Waals surface area contributed by atoms with E-state index in [4.69, 9.17) is 0 Å². The third-order valence-electron chi connectivity index (χ3n) is 4.85. The third kappa shape index (κ3) is 2.73. The standard InChI is InChI=1S/C17H25NO2/c1-4-14(3)18-10-8-17(9-11-18,16(19)20)15-7-5-6-13(2)12-15/h5-7,12,14H,4,8-11H2,1-3H3,(H,19,20). The molecular formula is C17H25NO2. The van der Waals surface area contributed by atoms with Crippen molar-refractivity contribution in [2.45, 2.75) is 51.5 Å². The molecule has 1 heterocycles. The summed E-state index contributed by atoms with van der Waals surface area (Å²) in [5.74, 6) is -0.674. The highest BCUT2D eigenvalue weighted by Crippen LogP contribution is 2.37. The molecule has 20 heavy (non-hydrogen) atoms. The van der Waals surface area contributed by atoms with E-state index in [1.54, 1.807) is 0 Å². The molecule has 0 amide bonds. The predicted octanol–water partition coefficient (Wildman–Crippen LogP) is 3.21. The van der Waals surface area contributed by atoms with E-state index >= 15 is 0 Å². The van der Waals surface area contributed by atoms with E-state index in [0.717, 1.165) is 30.6 Å². The number of carboxylic acids is 1. The van der Waals surface area contributed by atoms with Crippen LogP contribution in [-0.2, 0) is 10.2 Å². The topological polar surface area (TPSA) is 40.5 Å². The fraction of sp³-hybridized carbons (Fsp3) is 0.588. The Kier molecular flexibility index (Phi) is 4.48. The van der Waals surface area contributed by atoms with Gasteiger partial charge in [0.1, 0.15) is 0 Å². The Labute approximate surface area is 121 Å². The van der Waals surface area contributed by atoms with Gasteiger partial charge in [-0.1, -0.05) is 36.8 Å². The SMILES string of the molecule is CCC(C)N1CCC(C(=O)O)(c2cccc(C)c2)CC1. The third-order valence-corrected chi connectivity index (χ3v) is 4.85. The van der Waals surface area contributed by atoms with Crippen LogP contribution in [0.4, 0.5) is 0 Å². The predicted molar refractivity (Wildman–Crippen MR) is 81.1 cm³/mol. The summed E-state index contributed by atoms with van der Waals surface area (Å²) < 4.78 is 0. The van der Waals surface area contributed by atoms with Gasteiger partial charge in [0, 0.05) is 6.04 Å². The molecule has 1 aromatic rings. The van der Waals surface area contributed by atoms with E-state index in [1.165, 1.54) is 0 Å². The van der Waals surface area contributed by atoms with Gasteiger partial charge in [-0.3, -0.25) is 4.79 Å². The minimum atomic E-state index is -0.698. The zero-order chi connectivity index (χ0) is 14.8. The molecule has 2 rings (SSSR count). The Morgan fingerprint density at radius 1 is 1.40 bits per heavy atom. The first-order valence-electron chi connectivity index (χ1n) is 7.54. The summed E-state index contributed by atoms with van der Waals surface area (Å²) in [5.41, 5.74) is 1.40. The molecule has 1 aliphatic heterocycles. The summed E-state index contributed by atoms with van der Waals surface area (Å²) in [6.07, 6.45) is 2.52. The number of aryl methyl sites for hydroxylation is 1. The molecule has 1 fully saturated rings. The van der Waals surface area contributed by atoms with Crippen molar-refractivity contribution >= 4 is 5.97 Å². The molecule has 1 unspecified atom stereocenters. The molecule has 0 saturated carbocycles. The first-order chi connectivity index (χ1) is 9.49. The number of hydrogen-bond acceptors (Lipinski definition) is 2. The highest BCUT2D eigenvalue weighted by molar-refractivity contribution is 5.81. The van der Waals surface area contributed by atoms with Gasteiger partial charge in [0.2, 0.25) is 0 Å². The van der Waals surface area contributed by atoms with Crippen molar-refractivity contribution < 1.29 is 9.90 Å². The van der Waals surface area contributed by atoms with Crippen LogP contribution in [0.1, 0.15) is 44.2 Å². The maximum absolute atomic E-state index is 11.9. The number of piperidine rings is 1. The molecule has 0 aromatic heterocycles. The second-order valence-corrected chi connectivity index (χ2v) is 6.05. The molecule has 110 valence electrons. The van der Waals surface area contributed by atoms with Gasteiger partial charge in [0.25, 0.3) is 0 Å². The first-order valence-corrected chi connectivity index (χ1v) is 7.54. The van der Waals surface area contributed by atoms with Crippen molar-refractivity contribution in [2.24, 2.45) is 0 Å². The highest BCUT2D eigenvalue weighted by Gasteiger charge is 2.43. The number of rotatable bonds is 4. The number of nitrogens with zero attached hydrogens (tertiary/aromatic N) is 1. The van der Waals surface area contributed by atoms with Crippen molar-refractivity contribution in [3.63, 3.8) is 0 Å². The minimum Gasteiger partial charge on any atom is -0.481 e. The molecule has 1 aromatic carbocycles. The van der Waals surface area contributed by atoms with E-state index < -0.39 is 11.4 Å². The molecule has 3 nitrogen and oxygen atoms in total. The Bertz CT molecular complexity index is 476. The van der Waals surface area contributed by atoms with Gasteiger partial charge in [0.05, 0.1) is 5.41 Å². The molecule has 3 heteroatoms. The van der Waals surface area contributed by atoms with Crippen molar-refractivity contribution in [3.05, 3.63) is 35.4 Å². The molecule has 0 aliphatic carbocycles. The lowest BCUT2D eigenvalue weighted by atomic mass is 9.72. The van der Waals surface area contributed by atoms with Crippen LogP contribution in [0.3, 0.4) is 0 Å². The van der Waals surface area contributed by atoms with Crippen LogP contribution in [0.2, 0.25) is 0 Å². The van der Waals surface area contributed by atoms with Gasteiger partial charge >= 0.3 is 5.97 Å². The number of carboxylic acid groups (broad SMARTS) is 1. The fourth-order valence-corrected chi connectivity index (χ4v) is 3.17. The maximum Gasteiger partial charge on any atom is 0.314 e. The van der Waals surface area contributed by atoms with Gasteiger partial charge in [-0.15, -0.1) is 0 Å². The smallest absolute Gasteiger partial charge is 0.314 e. The lowest BCUT2D eigenvalue weighted by Gasteiger charge is -2.41. The zero-order valence-electron chi connectivity index (χ0n) is 12.7. The Hall–Kier alpha value is -1.35. The highest BCUT2D eigenvalue weighted by atomic mass is 16.4. The van der Waals surface area contributed by atoms with Crippen LogP contribution < -0.4 is 0 Å². The van der Waals surface area contributed by atoms with Crippen molar-refractivity contribution in [1.29, 1.82) is 0 Å². The van der Waals surface area contributed by atoms with Gasteiger partial charge in [-0.05, 0) is 51.8 Å². The van der Waals surface area contributed by atoms with Crippen molar-refractivity contribution in [2.75, 3.05) is 13.1 Å². The van der Waals surface area contributed by atoms with Crippen LogP contribution >= 0.6 is 0 Å². The number of carbonyl (C=O) groups is 1. The number of hydrogen-bond donors (Lipinski definition) is 1. The van der Waals surface area contributed by atoms with Crippen LogP contribution in [-0.4, -0.2) is 35.1 Å². The summed E-state index contributed by atoms with van der Waals surface area (Å²) in [6, 6.07) is 8.54. The summed E-state index contributed by atoms with van der Waals surface area (Å²) in [6.45, 7) is 8.17. The largest absolute Gasteiger partial charge is 0.481 e. The van der Waals surface area contributed by atoms with E-state index in [0.29, 0.717) is 18.9 Å². The van der Waals surface area contributed by atoms with Crippen LogP contribution in [0, 0.1) is 6.92 Å². The summed E-state index contributed by atoms with van der Waals surface area (Å²) >= 11 is 0. The average Bonchev–Trinajstić information content (AvgIpc) is 2.46.